The van der Waals surface area contributed by atoms with E-state index in [1.165, 1.54) is 6.07 Å². The Morgan fingerprint density at radius 3 is 2.96 bits per heavy atom. The molecule has 1 amide bonds. The van der Waals surface area contributed by atoms with Crippen molar-refractivity contribution >= 4 is 46.9 Å². The highest BCUT2D eigenvalue weighted by molar-refractivity contribution is 7.97. The average Bonchev–Trinajstić information content (AvgIpc) is 3.11. The van der Waals surface area contributed by atoms with Crippen molar-refractivity contribution in [1.82, 2.24) is 9.71 Å². The van der Waals surface area contributed by atoms with Crippen LogP contribution in [0.5, 0.6) is 5.75 Å². The molecule has 144 valence electrons. The van der Waals surface area contributed by atoms with Crippen LogP contribution in [0.25, 0.3) is 0 Å². The normalized spacial score (nSPS) is 16.4. The van der Waals surface area contributed by atoms with Crippen LogP contribution in [0, 0.1) is 5.82 Å². The number of nitrogens with zero attached hydrogens (tertiary/aromatic N) is 2. The summed E-state index contributed by atoms with van der Waals surface area (Å²) in [5.74, 6) is -0.175. The van der Waals surface area contributed by atoms with E-state index >= 15 is 0 Å². The van der Waals surface area contributed by atoms with Gasteiger partial charge in [0.25, 0.3) is 5.91 Å². The third-order valence-electron chi connectivity index (χ3n) is 4.28. The Balaban J connectivity index is 1.69. The molecule has 1 atom stereocenters. The van der Waals surface area contributed by atoms with Crippen molar-refractivity contribution in [3.8, 4) is 5.75 Å². The van der Waals surface area contributed by atoms with Gasteiger partial charge in [-0.3, -0.25) is 9.52 Å². The average molecular weight is 430 g/mol. The first-order chi connectivity index (χ1) is 13.0. The summed E-state index contributed by atoms with van der Waals surface area (Å²) in [5.41, 5.74) is -0.116. The first-order valence-electron chi connectivity index (χ1n) is 8.33. The molecule has 2 heterocycles. The number of ether oxygens (including phenoxy) is 1. The minimum Gasteiger partial charge on any atom is -0.490 e. The molecule has 1 aromatic carbocycles. The Bertz CT molecular complexity index is 823. The molecule has 1 aliphatic rings. The molecule has 5 nitrogen and oxygen atoms in total. The number of anilines is 1. The fraction of sp³-hybridized carbons (Fsp3) is 0.333. The second kappa shape index (κ2) is 8.99. The van der Waals surface area contributed by atoms with Crippen LogP contribution >= 0.6 is 35.1 Å². The summed E-state index contributed by atoms with van der Waals surface area (Å²) in [6.07, 6.45) is 5.22. The molecule has 1 fully saturated rings. The highest BCUT2D eigenvalue weighted by Crippen LogP contribution is 2.30. The fourth-order valence-corrected chi connectivity index (χ4v) is 3.62. The molecule has 0 spiro atoms. The summed E-state index contributed by atoms with van der Waals surface area (Å²) >= 11 is 13.2. The lowest BCUT2D eigenvalue weighted by Crippen LogP contribution is -2.34. The van der Waals surface area contributed by atoms with Crippen LogP contribution in [-0.4, -0.2) is 36.3 Å². The summed E-state index contributed by atoms with van der Waals surface area (Å²) in [6.45, 7) is 1.19. The first kappa shape index (κ1) is 20.0. The quantitative estimate of drug-likeness (QED) is 0.680. The molecule has 9 heteroatoms. The third kappa shape index (κ3) is 4.78. The maximum absolute atomic E-state index is 14.2. The number of hydrogen-bond acceptors (Lipinski definition) is 5. The van der Waals surface area contributed by atoms with Gasteiger partial charge < -0.3 is 9.64 Å². The van der Waals surface area contributed by atoms with Crippen LogP contribution in [0.15, 0.2) is 30.5 Å². The number of pyridine rings is 1. The van der Waals surface area contributed by atoms with E-state index in [4.69, 9.17) is 27.9 Å². The molecule has 1 unspecified atom stereocenters. The molecule has 0 saturated carbocycles. The standard InChI is InChI=1S/C18H18Cl2FN3O2S/c1-27-23-18(25)13-7-14(20)16(8-15(13)21)26-10-12-3-2-6-24(12)17-5-4-11(19)9-22-17/h4-5,7-9,12H,2-3,6,10H2,1H3,(H,23,25). The van der Waals surface area contributed by atoms with Gasteiger partial charge in [0.1, 0.15) is 24.0 Å². The smallest absolute Gasteiger partial charge is 0.264 e. The zero-order chi connectivity index (χ0) is 19.4. The number of hydrogen-bond donors (Lipinski definition) is 1. The zero-order valence-corrected chi connectivity index (χ0v) is 16.9. The second-order valence-electron chi connectivity index (χ2n) is 6.03. The van der Waals surface area contributed by atoms with Gasteiger partial charge in [-0.05, 0) is 31.0 Å². The number of nitrogens with one attached hydrogen (secondary N) is 1. The lowest BCUT2D eigenvalue weighted by molar-refractivity contribution is 0.0980. The number of carbonyl (C=O) groups is 1. The van der Waals surface area contributed by atoms with E-state index in [1.807, 2.05) is 6.07 Å². The van der Waals surface area contributed by atoms with E-state index in [2.05, 4.69) is 14.6 Å². The van der Waals surface area contributed by atoms with Gasteiger partial charge in [0.05, 0.1) is 21.7 Å². The van der Waals surface area contributed by atoms with E-state index in [9.17, 15) is 9.18 Å². The molecular formula is C18H18Cl2FN3O2S. The van der Waals surface area contributed by atoms with Crippen LogP contribution in [0.2, 0.25) is 10.0 Å². The lowest BCUT2D eigenvalue weighted by atomic mass is 10.2. The SMILES string of the molecule is CSNC(=O)c1cc(Cl)c(OCC2CCCN2c2ccc(Cl)cn2)cc1F. The molecule has 27 heavy (non-hydrogen) atoms. The number of aromatic nitrogens is 1. The van der Waals surface area contributed by atoms with Crippen LogP contribution in [0.3, 0.4) is 0 Å². The van der Waals surface area contributed by atoms with E-state index in [-0.39, 0.29) is 22.4 Å². The molecule has 1 saturated heterocycles. The molecule has 3 rings (SSSR count). The summed E-state index contributed by atoms with van der Waals surface area (Å²) in [4.78, 5) is 18.3. The van der Waals surface area contributed by atoms with Crippen molar-refractivity contribution in [3.05, 3.63) is 51.9 Å². The van der Waals surface area contributed by atoms with Gasteiger partial charge in [-0.15, -0.1) is 0 Å². The molecule has 2 aromatic rings. The number of rotatable bonds is 6. The van der Waals surface area contributed by atoms with Gasteiger partial charge in [-0.25, -0.2) is 9.37 Å². The van der Waals surface area contributed by atoms with Crippen LogP contribution in [0.4, 0.5) is 10.2 Å². The molecule has 0 aliphatic carbocycles. The second-order valence-corrected chi connectivity index (χ2v) is 7.49. The Morgan fingerprint density at radius 1 is 1.44 bits per heavy atom. The van der Waals surface area contributed by atoms with Crippen LogP contribution in [-0.2, 0) is 0 Å². The van der Waals surface area contributed by atoms with E-state index in [0.717, 1.165) is 43.2 Å². The first-order valence-corrected chi connectivity index (χ1v) is 10.3. The van der Waals surface area contributed by atoms with Gasteiger partial charge in [-0.1, -0.05) is 35.1 Å². The molecule has 1 aromatic heterocycles. The summed E-state index contributed by atoms with van der Waals surface area (Å²) < 4.78 is 22.5. The molecule has 0 radical (unpaired) electrons. The monoisotopic (exact) mass is 429 g/mol. The van der Waals surface area contributed by atoms with Crippen LogP contribution < -0.4 is 14.4 Å². The number of benzene rings is 1. The van der Waals surface area contributed by atoms with Crippen molar-refractivity contribution in [2.45, 2.75) is 18.9 Å². The maximum Gasteiger partial charge on any atom is 0.264 e. The lowest BCUT2D eigenvalue weighted by Gasteiger charge is -2.26. The number of halogens is 3. The highest BCUT2D eigenvalue weighted by atomic mass is 35.5. The van der Waals surface area contributed by atoms with Crippen LogP contribution in [0.1, 0.15) is 23.2 Å². The molecular weight excluding hydrogens is 412 g/mol. The predicted octanol–water partition coefficient (Wildman–Crippen LogP) is 4.58. The summed E-state index contributed by atoms with van der Waals surface area (Å²) in [5, 5.41) is 0.774. The van der Waals surface area contributed by atoms with E-state index in [0.29, 0.717) is 11.6 Å². The van der Waals surface area contributed by atoms with Gasteiger partial charge in [0.2, 0.25) is 0 Å². The molecule has 1 N–H and O–H groups in total. The van der Waals surface area contributed by atoms with Crippen molar-refractivity contribution in [1.29, 1.82) is 0 Å². The van der Waals surface area contributed by atoms with Gasteiger partial charge in [0, 0.05) is 25.1 Å². The number of carbonyl (C=O) groups excluding carboxylic acids is 1. The Hall–Kier alpha value is -1.70. The van der Waals surface area contributed by atoms with Gasteiger partial charge >= 0.3 is 0 Å². The predicted molar refractivity (Wildman–Crippen MR) is 108 cm³/mol. The van der Waals surface area contributed by atoms with Gasteiger partial charge in [-0.2, -0.15) is 0 Å². The fourth-order valence-electron chi connectivity index (χ4n) is 3.00. The third-order valence-corrected chi connectivity index (χ3v) is 5.18. The Morgan fingerprint density at radius 2 is 2.26 bits per heavy atom. The highest BCUT2D eigenvalue weighted by Gasteiger charge is 2.27. The Labute approximate surface area is 171 Å². The van der Waals surface area contributed by atoms with E-state index in [1.54, 1.807) is 18.5 Å². The van der Waals surface area contributed by atoms with Crippen molar-refractivity contribution in [3.63, 3.8) is 0 Å². The largest absolute Gasteiger partial charge is 0.490 e. The maximum atomic E-state index is 14.2. The number of amides is 1. The zero-order valence-electron chi connectivity index (χ0n) is 14.5. The topological polar surface area (TPSA) is 54.5 Å². The van der Waals surface area contributed by atoms with Crippen molar-refractivity contribution < 1.29 is 13.9 Å². The van der Waals surface area contributed by atoms with E-state index < -0.39 is 11.7 Å². The molecule has 1 aliphatic heterocycles. The Kier molecular flexibility index (Phi) is 6.68. The molecule has 0 bridgehead atoms. The van der Waals surface area contributed by atoms with Crippen molar-refractivity contribution in [2.75, 3.05) is 24.3 Å². The van der Waals surface area contributed by atoms with Gasteiger partial charge in [0.15, 0.2) is 0 Å². The summed E-state index contributed by atoms with van der Waals surface area (Å²) in [7, 11) is 0. The summed E-state index contributed by atoms with van der Waals surface area (Å²) in [6, 6.07) is 6.19. The minimum absolute atomic E-state index is 0.0947. The minimum atomic E-state index is -0.677. The van der Waals surface area contributed by atoms with Crippen molar-refractivity contribution in [2.24, 2.45) is 0 Å².